The van der Waals surface area contributed by atoms with E-state index in [1.807, 2.05) is 0 Å². The first-order chi connectivity index (χ1) is 10.2. The summed E-state index contributed by atoms with van der Waals surface area (Å²) in [5, 5.41) is 8.41. The van der Waals surface area contributed by atoms with Gasteiger partial charge in [0.25, 0.3) is 0 Å². The third-order valence-corrected chi connectivity index (χ3v) is 2.89. The fourth-order valence-corrected chi connectivity index (χ4v) is 1.67. The number of aliphatic carboxylic acids is 1. The Morgan fingerprint density at radius 2 is 1.90 bits per heavy atom. The van der Waals surface area contributed by atoms with Crippen LogP contribution in [0.4, 0.5) is 0 Å². The van der Waals surface area contributed by atoms with E-state index in [1.54, 1.807) is 7.11 Å². The van der Waals surface area contributed by atoms with E-state index in [1.165, 1.54) is 0 Å². The minimum Gasteiger partial charge on any atom is -0.481 e. The van der Waals surface area contributed by atoms with E-state index in [9.17, 15) is 4.79 Å². The molecule has 0 aliphatic heterocycles. The molecule has 0 aromatic heterocycles. The minimum atomic E-state index is -0.859. The van der Waals surface area contributed by atoms with Crippen molar-refractivity contribution < 1.29 is 24.1 Å². The van der Waals surface area contributed by atoms with Gasteiger partial charge in [0, 0.05) is 13.5 Å². The number of rotatable bonds is 13. The zero-order valence-corrected chi connectivity index (χ0v) is 13.2. The molecule has 0 heterocycles. The molecule has 0 aromatic carbocycles. The molecule has 1 atom stereocenters. The average Bonchev–Trinajstić information content (AvgIpc) is 2.45. The maximum absolute atomic E-state index is 10.2. The molecule has 0 aliphatic carbocycles. The Hall–Kier alpha value is -1.09. The van der Waals surface area contributed by atoms with Gasteiger partial charge in [0.15, 0.2) is 0 Å². The second-order valence-electron chi connectivity index (χ2n) is 4.87. The predicted octanol–water partition coefficient (Wildman–Crippen LogP) is 2.83. The molecule has 122 valence electrons. The lowest BCUT2D eigenvalue weighted by molar-refractivity contribution is -0.135. The standard InChI is InChI=1S/C16H28O5/c1-15(21-14-20-13-12-19-2)10-8-6-4-3-5-7-9-11-16(17)18/h15H,3-6,8,10-14H2,1-2H3,(H,17,18). The van der Waals surface area contributed by atoms with Gasteiger partial charge in [0.05, 0.1) is 19.3 Å². The number of carboxylic acids is 1. The van der Waals surface area contributed by atoms with Gasteiger partial charge in [0.2, 0.25) is 0 Å². The van der Waals surface area contributed by atoms with Crippen LogP contribution in [0.3, 0.4) is 0 Å². The van der Waals surface area contributed by atoms with Crippen LogP contribution in [-0.2, 0) is 19.0 Å². The Labute approximate surface area is 128 Å². The van der Waals surface area contributed by atoms with Crippen molar-refractivity contribution in [2.24, 2.45) is 0 Å². The first kappa shape index (κ1) is 19.9. The molecule has 1 unspecified atom stereocenters. The van der Waals surface area contributed by atoms with Crippen LogP contribution in [-0.4, -0.2) is 44.3 Å². The number of methoxy groups -OCH3 is 1. The quantitative estimate of drug-likeness (QED) is 0.322. The van der Waals surface area contributed by atoms with Gasteiger partial charge in [-0.2, -0.15) is 0 Å². The minimum absolute atomic E-state index is 0.0543. The van der Waals surface area contributed by atoms with Crippen LogP contribution < -0.4 is 0 Å². The number of hydrogen-bond acceptors (Lipinski definition) is 4. The third-order valence-electron chi connectivity index (χ3n) is 2.89. The van der Waals surface area contributed by atoms with E-state index < -0.39 is 5.97 Å². The Kier molecular flexibility index (Phi) is 14.5. The molecule has 1 N–H and O–H groups in total. The van der Waals surface area contributed by atoms with Crippen molar-refractivity contribution in [2.75, 3.05) is 27.1 Å². The van der Waals surface area contributed by atoms with E-state index >= 15 is 0 Å². The van der Waals surface area contributed by atoms with E-state index in [-0.39, 0.29) is 12.5 Å². The number of unbranched alkanes of at least 4 members (excludes halogenated alkanes) is 4. The highest BCUT2D eigenvalue weighted by Crippen LogP contribution is 2.09. The van der Waals surface area contributed by atoms with E-state index in [0.29, 0.717) is 20.0 Å². The first-order valence-electron chi connectivity index (χ1n) is 7.52. The summed E-state index contributed by atoms with van der Waals surface area (Å²) in [5.41, 5.74) is 0. The largest absolute Gasteiger partial charge is 0.481 e. The third kappa shape index (κ3) is 16.9. The van der Waals surface area contributed by atoms with Crippen LogP contribution in [0.1, 0.15) is 51.9 Å². The second kappa shape index (κ2) is 15.3. The van der Waals surface area contributed by atoms with E-state index in [2.05, 4.69) is 18.8 Å². The first-order valence-corrected chi connectivity index (χ1v) is 7.52. The molecule has 0 amide bonds. The molecular formula is C16H28O5. The highest BCUT2D eigenvalue weighted by Gasteiger charge is 2.01. The lowest BCUT2D eigenvalue weighted by Gasteiger charge is -2.12. The summed E-state index contributed by atoms with van der Waals surface area (Å²) in [4.78, 5) is 10.2. The molecule has 0 bridgehead atoms. The van der Waals surface area contributed by atoms with Crippen molar-refractivity contribution in [1.29, 1.82) is 0 Å². The Morgan fingerprint density at radius 3 is 2.62 bits per heavy atom. The molecule has 0 aliphatic rings. The van der Waals surface area contributed by atoms with Crippen molar-refractivity contribution in [3.8, 4) is 11.8 Å². The van der Waals surface area contributed by atoms with Crippen LogP contribution in [0.15, 0.2) is 0 Å². The van der Waals surface area contributed by atoms with Crippen LogP contribution >= 0.6 is 0 Å². The van der Waals surface area contributed by atoms with Crippen molar-refractivity contribution in [2.45, 2.75) is 58.0 Å². The summed E-state index contributed by atoms with van der Waals surface area (Å²) in [6.45, 7) is 3.53. The molecule has 0 spiro atoms. The predicted molar refractivity (Wildman–Crippen MR) is 81.0 cm³/mol. The van der Waals surface area contributed by atoms with Gasteiger partial charge in [-0.25, -0.2) is 0 Å². The van der Waals surface area contributed by atoms with Gasteiger partial charge in [-0.15, -0.1) is 5.92 Å². The van der Waals surface area contributed by atoms with Crippen molar-refractivity contribution in [3.05, 3.63) is 0 Å². The van der Waals surface area contributed by atoms with E-state index in [4.69, 9.17) is 19.3 Å². The lowest BCUT2D eigenvalue weighted by atomic mass is 10.1. The molecule has 5 heteroatoms. The van der Waals surface area contributed by atoms with Gasteiger partial charge in [-0.1, -0.05) is 25.2 Å². The molecule has 21 heavy (non-hydrogen) atoms. The lowest BCUT2D eigenvalue weighted by Crippen LogP contribution is -2.13. The molecule has 5 nitrogen and oxygen atoms in total. The Bertz CT molecular complexity index is 306. The molecule has 0 saturated carbocycles. The SMILES string of the molecule is COCCOCOC(C)CCCCCCC#CCC(=O)O. The summed E-state index contributed by atoms with van der Waals surface area (Å²) >= 11 is 0. The highest BCUT2D eigenvalue weighted by atomic mass is 16.7. The molecule has 0 aromatic rings. The topological polar surface area (TPSA) is 65.0 Å². The summed E-state index contributed by atoms with van der Waals surface area (Å²) in [5.74, 6) is 4.66. The number of ether oxygens (including phenoxy) is 3. The van der Waals surface area contributed by atoms with Crippen LogP contribution in [0.25, 0.3) is 0 Å². The van der Waals surface area contributed by atoms with E-state index in [0.717, 1.165) is 38.5 Å². The Balaban J connectivity index is 3.26. The van der Waals surface area contributed by atoms with Crippen molar-refractivity contribution in [1.82, 2.24) is 0 Å². The molecule has 0 radical (unpaired) electrons. The number of carbonyl (C=O) groups is 1. The summed E-state index contributed by atoms with van der Waals surface area (Å²) in [7, 11) is 1.64. The highest BCUT2D eigenvalue weighted by molar-refractivity contribution is 5.69. The molecule has 0 fully saturated rings. The smallest absolute Gasteiger partial charge is 0.315 e. The molecular weight excluding hydrogens is 272 g/mol. The number of carboxylic acid groups (broad SMARTS) is 1. The van der Waals surface area contributed by atoms with Gasteiger partial charge in [-0.05, 0) is 19.8 Å². The zero-order valence-electron chi connectivity index (χ0n) is 13.2. The fraction of sp³-hybridized carbons (Fsp3) is 0.812. The molecule has 0 saturated heterocycles. The average molecular weight is 300 g/mol. The van der Waals surface area contributed by atoms with Crippen molar-refractivity contribution >= 4 is 5.97 Å². The Morgan fingerprint density at radius 1 is 1.14 bits per heavy atom. The summed E-state index contributed by atoms with van der Waals surface area (Å²) in [6, 6.07) is 0. The fourth-order valence-electron chi connectivity index (χ4n) is 1.67. The van der Waals surface area contributed by atoms with Crippen molar-refractivity contribution in [3.63, 3.8) is 0 Å². The normalized spacial score (nSPS) is 11.7. The van der Waals surface area contributed by atoms with Crippen LogP contribution in [0, 0.1) is 11.8 Å². The monoisotopic (exact) mass is 300 g/mol. The van der Waals surface area contributed by atoms with Crippen LogP contribution in [0.2, 0.25) is 0 Å². The van der Waals surface area contributed by atoms with Gasteiger partial charge < -0.3 is 19.3 Å². The number of hydrogen-bond donors (Lipinski definition) is 1. The zero-order chi connectivity index (χ0) is 15.8. The second-order valence-corrected chi connectivity index (χ2v) is 4.87. The molecule has 0 rings (SSSR count). The van der Waals surface area contributed by atoms with Gasteiger partial charge in [-0.3, -0.25) is 4.79 Å². The maximum atomic E-state index is 10.2. The maximum Gasteiger partial charge on any atom is 0.315 e. The van der Waals surface area contributed by atoms with Gasteiger partial charge >= 0.3 is 5.97 Å². The summed E-state index contributed by atoms with van der Waals surface area (Å²) in [6.07, 6.45) is 6.40. The summed E-state index contributed by atoms with van der Waals surface area (Å²) < 4.78 is 15.6. The van der Waals surface area contributed by atoms with Gasteiger partial charge in [0.1, 0.15) is 13.2 Å². The van der Waals surface area contributed by atoms with Crippen LogP contribution in [0.5, 0.6) is 0 Å².